The summed E-state index contributed by atoms with van der Waals surface area (Å²) >= 11 is 6.09. The molecule has 1 aliphatic rings. The van der Waals surface area contributed by atoms with Crippen molar-refractivity contribution in [2.45, 2.75) is 32.1 Å². The van der Waals surface area contributed by atoms with E-state index in [-0.39, 0.29) is 22.7 Å². The van der Waals surface area contributed by atoms with Crippen LogP contribution in [0.4, 0.5) is 13.2 Å². The van der Waals surface area contributed by atoms with Gasteiger partial charge in [-0.3, -0.25) is 9.69 Å². The van der Waals surface area contributed by atoms with Crippen molar-refractivity contribution >= 4 is 17.5 Å². The van der Waals surface area contributed by atoms with E-state index < -0.39 is 11.7 Å². The molecular weight excluding hydrogens is 407 g/mol. The van der Waals surface area contributed by atoms with Crippen LogP contribution in [0.3, 0.4) is 0 Å². The molecular formula is C20H21ClF3N3O2. The van der Waals surface area contributed by atoms with Gasteiger partial charge in [-0.15, -0.1) is 0 Å². The number of benzene rings is 1. The highest BCUT2D eigenvalue weighted by atomic mass is 35.5. The van der Waals surface area contributed by atoms with Crippen LogP contribution in [-0.2, 0) is 12.7 Å². The van der Waals surface area contributed by atoms with Crippen LogP contribution in [0.1, 0.15) is 35.0 Å². The van der Waals surface area contributed by atoms with Gasteiger partial charge >= 0.3 is 6.18 Å². The van der Waals surface area contributed by atoms with Crippen molar-refractivity contribution in [3.63, 3.8) is 0 Å². The maximum absolute atomic E-state index is 12.7. The summed E-state index contributed by atoms with van der Waals surface area (Å²) in [6, 6.07) is 8.22. The number of pyridine rings is 1. The van der Waals surface area contributed by atoms with E-state index in [1.54, 1.807) is 12.1 Å². The Hall–Kier alpha value is -2.32. The number of hydrogen-bond acceptors (Lipinski definition) is 4. The molecule has 1 aromatic heterocycles. The molecule has 1 atom stereocenters. The van der Waals surface area contributed by atoms with Crippen molar-refractivity contribution in [1.82, 2.24) is 15.2 Å². The number of nitrogens with zero attached hydrogens (tertiary/aromatic N) is 2. The maximum atomic E-state index is 12.7. The largest absolute Gasteiger partial charge is 0.478 e. The topological polar surface area (TPSA) is 54.5 Å². The number of carbonyl (C=O) groups excluding carboxylic acids is 1. The fraction of sp³-hybridized carbons (Fsp3) is 0.400. The molecule has 2 aromatic rings. The number of likely N-dealkylation sites (tertiary alicyclic amines) is 1. The average Bonchev–Trinajstić information content (AvgIpc) is 3.10. The number of hydrogen-bond donors (Lipinski definition) is 1. The fourth-order valence-corrected chi connectivity index (χ4v) is 3.41. The van der Waals surface area contributed by atoms with E-state index >= 15 is 0 Å². The second-order valence-electron chi connectivity index (χ2n) is 6.80. The summed E-state index contributed by atoms with van der Waals surface area (Å²) in [6.45, 7) is 4.09. The third-order valence-electron chi connectivity index (χ3n) is 4.62. The van der Waals surface area contributed by atoms with Crippen LogP contribution >= 0.6 is 11.6 Å². The lowest BCUT2D eigenvalue weighted by Gasteiger charge is -2.17. The minimum Gasteiger partial charge on any atom is -0.478 e. The van der Waals surface area contributed by atoms with E-state index in [1.165, 1.54) is 12.1 Å². The lowest BCUT2D eigenvalue weighted by Crippen LogP contribution is -2.37. The Labute approximate surface area is 171 Å². The predicted octanol–water partition coefficient (Wildman–Crippen LogP) is 4.16. The number of rotatable bonds is 6. The van der Waals surface area contributed by atoms with Crippen molar-refractivity contribution < 1.29 is 22.7 Å². The average molecular weight is 428 g/mol. The molecule has 1 N–H and O–H groups in total. The van der Waals surface area contributed by atoms with Crippen molar-refractivity contribution in [2.24, 2.45) is 0 Å². The van der Waals surface area contributed by atoms with Gasteiger partial charge in [-0.1, -0.05) is 23.7 Å². The Morgan fingerprint density at radius 1 is 1.28 bits per heavy atom. The van der Waals surface area contributed by atoms with Crippen molar-refractivity contribution in [3.8, 4) is 5.88 Å². The molecule has 1 saturated heterocycles. The normalized spacial score (nSPS) is 17.3. The first-order chi connectivity index (χ1) is 13.8. The molecule has 2 heterocycles. The molecule has 5 nitrogen and oxygen atoms in total. The summed E-state index contributed by atoms with van der Waals surface area (Å²) in [5.41, 5.74) is 0.240. The molecule has 156 valence electrons. The molecule has 0 saturated carbocycles. The zero-order chi connectivity index (χ0) is 21.0. The van der Waals surface area contributed by atoms with Gasteiger partial charge in [-0.2, -0.15) is 13.2 Å². The lowest BCUT2D eigenvalue weighted by molar-refractivity contribution is -0.137. The van der Waals surface area contributed by atoms with E-state index in [9.17, 15) is 18.0 Å². The van der Waals surface area contributed by atoms with Gasteiger partial charge in [0.25, 0.3) is 5.91 Å². The van der Waals surface area contributed by atoms with Crippen LogP contribution in [0.15, 0.2) is 36.4 Å². The first kappa shape index (κ1) is 21.4. The molecule has 1 aliphatic heterocycles. The minimum atomic E-state index is -4.34. The number of ether oxygens (including phenoxy) is 1. The highest BCUT2D eigenvalue weighted by molar-refractivity contribution is 6.33. The summed E-state index contributed by atoms with van der Waals surface area (Å²) in [6.07, 6.45) is -3.61. The van der Waals surface area contributed by atoms with E-state index in [0.717, 1.165) is 30.7 Å². The van der Waals surface area contributed by atoms with Crippen LogP contribution < -0.4 is 10.1 Å². The molecule has 29 heavy (non-hydrogen) atoms. The Bertz CT molecular complexity index is 859. The first-order valence-corrected chi connectivity index (χ1v) is 9.62. The number of halogens is 4. The SMILES string of the molecule is CCOc1ccc(Cl)c(C(=O)NC2CCN(Cc3ccc(C(F)(F)F)cc3)C2)n1. The van der Waals surface area contributed by atoms with Crippen LogP contribution in [-0.4, -0.2) is 41.5 Å². The second-order valence-corrected chi connectivity index (χ2v) is 7.21. The number of aromatic nitrogens is 1. The first-order valence-electron chi connectivity index (χ1n) is 9.25. The Kier molecular flexibility index (Phi) is 6.64. The van der Waals surface area contributed by atoms with Gasteiger partial charge in [0, 0.05) is 31.7 Å². The molecule has 1 fully saturated rings. The van der Waals surface area contributed by atoms with Gasteiger partial charge in [0.1, 0.15) is 0 Å². The summed E-state index contributed by atoms with van der Waals surface area (Å²) in [4.78, 5) is 18.8. The Morgan fingerprint density at radius 2 is 2.00 bits per heavy atom. The van der Waals surface area contributed by atoms with Crippen molar-refractivity contribution in [1.29, 1.82) is 0 Å². The second kappa shape index (κ2) is 9.00. The van der Waals surface area contributed by atoms with Gasteiger partial charge in [-0.25, -0.2) is 4.98 Å². The number of amides is 1. The smallest absolute Gasteiger partial charge is 0.416 e. The van der Waals surface area contributed by atoms with Crippen LogP contribution in [0.25, 0.3) is 0 Å². The molecule has 9 heteroatoms. The number of nitrogens with one attached hydrogen (secondary N) is 1. The van der Waals surface area contributed by atoms with Crippen molar-refractivity contribution in [2.75, 3.05) is 19.7 Å². The van der Waals surface area contributed by atoms with E-state index in [0.29, 0.717) is 25.6 Å². The highest BCUT2D eigenvalue weighted by Gasteiger charge is 2.30. The lowest BCUT2D eigenvalue weighted by atomic mass is 10.1. The number of alkyl halides is 3. The van der Waals surface area contributed by atoms with Crippen LogP contribution in [0.2, 0.25) is 5.02 Å². The summed E-state index contributed by atoms with van der Waals surface area (Å²) in [5.74, 6) is -0.0460. The van der Waals surface area contributed by atoms with Gasteiger partial charge in [0.05, 0.1) is 17.2 Å². The third kappa shape index (κ3) is 5.61. The van der Waals surface area contributed by atoms with Gasteiger partial charge in [0.15, 0.2) is 5.69 Å². The third-order valence-corrected chi connectivity index (χ3v) is 4.93. The quantitative estimate of drug-likeness (QED) is 0.752. The monoisotopic (exact) mass is 427 g/mol. The molecule has 3 rings (SSSR count). The van der Waals surface area contributed by atoms with Crippen molar-refractivity contribution in [3.05, 3.63) is 58.2 Å². The summed E-state index contributed by atoms with van der Waals surface area (Å²) < 4.78 is 43.3. The Balaban J connectivity index is 1.56. The van der Waals surface area contributed by atoms with E-state index in [2.05, 4.69) is 15.2 Å². The molecule has 0 bridgehead atoms. The number of carbonyl (C=O) groups is 1. The van der Waals surface area contributed by atoms with Gasteiger partial charge in [0.2, 0.25) is 5.88 Å². The molecule has 0 spiro atoms. The zero-order valence-corrected chi connectivity index (χ0v) is 16.6. The van der Waals surface area contributed by atoms with E-state index in [1.807, 2.05) is 6.92 Å². The predicted molar refractivity (Wildman–Crippen MR) is 103 cm³/mol. The summed E-state index contributed by atoms with van der Waals surface area (Å²) in [7, 11) is 0. The van der Waals surface area contributed by atoms with Gasteiger partial charge < -0.3 is 10.1 Å². The molecule has 1 aromatic carbocycles. The van der Waals surface area contributed by atoms with E-state index in [4.69, 9.17) is 16.3 Å². The highest BCUT2D eigenvalue weighted by Crippen LogP contribution is 2.29. The molecule has 0 radical (unpaired) electrons. The van der Waals surface area contributed by atoms with Crippen LogP contribution in [0, 0.1) is 0 Å². The zero-order valence-electron chi connectivity index (χ0n) is 15.8. The maximum Gasteiger partial charge on any atom is 0.416 e. The Morgan fingerprint density at radius 3 is 2.66 bits per heavy atom. The van der Waals surface area contributed by atoms with Gasteiger partial charge in [-0.05, 0) is 37.1 Å². The standard InChI is InChI=1S/C20H21ClF3N3O2/c1-2-29-17-8-7-16(21)18(26-17)19(28)25-15-9-10-27(12-15)11-13-3-5-14(6-4-13)20(22,23)24/h3-8,15H,2,9-12H2,1H3,(H,25,28). The molecule has 1 amide bonds. The fourth-order valence-electron chi connectivity index (χ4n) is 3.22. The molecule has 0 aliphatic carbocycles. The minimum absolute atomic E-state index is 0.0921. The summed E-state index contributed by atoms with van der Waals surface area (Å²) in [5, 5.41) is 3.16. The van der Waals surface area contributed by atoms with Crippen LogP contribution in [0.5, 0.6) is 5.88 Å². The molecule has 1 unspecified atom stereocenters.